The van der Waals surface area contributed by atoms with Gasteiger partial charge in [0.1, 0.15) is 17.4 Å². The van der Waals surface area contributed by atoms with E-state index in [1.165, 1.54) is 19.2 Å². The van der Waals surface area contributed by atoms with Gasteiger partial charge in [-0.2, -0.15) is 0 Å². The third kappa shape index (κ3) is 4.09. The molecule has 1 fully saturated rings. The molecular weight excluding hydrogens is 310 g/mol. The van der Waals surface area contributed by atoms with Crippen LogP contribution in [0.25, 0.3) is 0 Å². The molecule has 3 nitrogen and oxygen atoms in total. The van der Waals surface area contributed by atoms with Gasteiger partial charge in [-0.1, -0.05) is 20.8 Å². The number of nitrogens with one attached hydrogen (secondary N) is 1. The van der Waals surface area contributed by atoms with E-state index in [4.69, 9.17) is 4.74 Å². The van der Waals surface area contributed by atoms with E-state index in [0.29, 0.717) is 0 Å². The first-order valence-electron chi connectivity index (χ1n) is 7.32. The van der Waals surface area contributed by atoms with E-state index in [1.807, 2.05) is 20.8 Å². The van der Waals surface area contributed by atoms with E-state index in [1.54, 1.807) is 0 Å². The third-order valence-electron chi connectivity index (χ3n) is 3.90. The summed E-state index contributed by atoms with van der Waals surface area (Å²) in [5.74, 6) is -0.864. The van der Waals surface area contributed by atoms with Crippen LogP contribution in [0.1, 0.15) is 32.4 Å². The van der Waals surface area contributed by atoms with Crippen LogP contribution in [0.4, 0.5) is 8.78 Å². The molecule has 1 aliphatic rings. The highest BCUT2D eigenvalue weighted by Gasteiger charge is 2.36. The number of halogens is 3. The Bertz CT molecular complexity index is 476. The predicted molar refractivity (Wildman–Crippen MR) is 86.8 cm³/mol. The standard InChI is InChI=1S/C16H24F2N2O.ClH/c1-16(2,3)15(20-7-5-19-6-8-20)14-12(17)9-11(21-4)10-13(14)18;/h9-10,15,19H,5-8H2,1-4H3;1H/t15-;/m0./s1. The normalized spacial score (nSPS) is 17.7. The van der Waals surface area contributed by atoms with Crippen molar-refractivity contribution in [3.05, 3.63) is 29.3 Å². The lowest BCUT2D eigenvalue weighted by Gasteiger charge is -2.42. The maximum absolute atomic E-state index is 14.5. The van der Waals surface area contributed by atoms with Gasteiger partial charge in [0.05, 0.1) is 7.11 Å². The highest BCUT2D eigenvalue weighted by molar-refractivity contribution is 5.85. The van der Waals surface area contributed by atoms with Gasteiger partial charge in [-0.25, -0.2) is 8.78 Å². The molecule has 0 saturated carbocycles. The zero-order valence-corrected chi connectivity index (χ0v) is 14.4. The third-order valence-corrected chi connectivity index (χ3v) is 3.90. The van der Waals surface area contributed by atoms with Gasteiger partial charge in [-0.05, 0) is 5.41 Å². The highest BCUT2D eigenvalue weighted by atomic mass is 35.5. The van der Waals surface area contributed by atoms with Crippen LogP contribution in [-0.4, -0.2) is 38.2 Å². The van der Waals surface area contributed by atoms with Crippen molar-refractivity contribution in [2.75, 3.05) is 33.3 Å². The van der Waals surface area contributed by atoms with Crippen LogP contribution in [-0.2, 0) is 0 Å². The average Bonchev–Trinajstić information content (AvgIpc) is 2.42. The van der Waals surface area contributed by atoms with Crippen molar-refractivity contribution in [2.24, 2.45) is 5.41 Å². The molecule has 126 valence electrons. The molecule has 0 bridgehead atoms. The Labute approximate surface area is 137 Å². The van der Waals surface area contributed by atoms with E-state index in [9.17, 15) is 8.78 Å². The molecule has 0 aliphatic carbocycles. The lowest BCUT2D eigenvalue weighted by molar-refractivity contribution is 0.0803. The van der Waals surface area contributed by atoms with Gasteiger partial charge in [0, 0.05) is 49.9 Å². The van der Waals surface area contributed by atoms with E-state index < -0.39 is 11.6 Å². The van der Waals surface area contributed by atoms with Crippen LogP contribution < -0.4 is 10.1 Å². The van der Waals surface area contributed by atoms with Gasteiger partial charge in [-0.15, -0.1) is 12.4 Å². The summed E-state index contributed by atoms with van der Waals surface area (Å²) in [7, 11) is 1.41. The van der Waals surface area contributed by atoms with Gasteiger partial charge in [0.25, 0.3) is 0 Å². The first-order chi connectivity index (χ1) is 9.84. The SMILES string of the molecule is COc1cc(F)c([C@H](N2CCNCC2)C(C)(C)C)c(F)c1.Cl. The Kier molecular flexibility index (Phi) is 6.59. The molecule has 0 amide bonds. The molecule has 0 unspecified atom stereocenters. The number of nitrogens with zero attached hydrogens (tertiary/aromatic N) is 1. The smallest absolute Gasteiger partial charge is 0.134 e. The fraction of sp³-hybridized carbons (Fsp3) is 0.625. The number of piperazine rings is 1. The molecule has 0 aromatic heterocycles. The number of benzene rings is 1. The van der Waals surface area contributed by atoms with Crippen LogP contribution in [0.5, 0.6) is 5.75 Å². The molecule has 0 spiro atoms. The number of hydrogen-bond donors (Lipinski definition) is 1. The van der Waals surface area contributed by atoms with Crippen molar-refractivity contribution >= 4 is 12.4 Å². The molecule has 1 saturated heterocycles. The second kappa shape index (κ2) is 7.57. The van der Waals surface area contributed by atoms with Gasteiger partial charge in [-0.3, -0.25) is 4.90 Å². The second-order valence-corrected chi connectivity index (χ2v) is 6.56. The van der Waals surface area contributed by atoms with Crippen LogP contribution in [0.2, 0.25) is 0 Å². The minimum atomic E-state index is -0.537. The molecule has 1 heterocycles. The first-order valence-corrected chi connectivity index (χ1v) is 7.32. The summed E-state index contributed by atoms with van der Waals surface area (Å²) in [6.07, 6.45) is 0. The summed E-state index contributed by atoms with van der Waals surface area (Å²) >= 11 is 0. The Morgan fingerprint density at radius 2 is 1.64 bits per heavy atom. The fourth-order valence-electron chi connectivity index (χ4n) is 3.04. The van der Waals surface area contributed by atoms with E-state index >= 15 is 0 Å². The first kappa shape index (κ1) is 19.1. The summed E-state index contributed by atoms with van der Waals surface area (Å²) < 4.78 is 33.9. The lowest BCUT2D eigenvalue weighted by atomic mass is 9.80. The Morgan fingerprint density at radius 3 is 2.05 bits per heavy atom. The van der Waals surface area contributed by atoms with Crippen molar-refractivity contribution in [3.63, 3.8) is 0 Å². The lowest BCUT2D eigenvalue weighted by Crippen LogP contribution is -2.48. The zero-order chi connectivity index (χ0) is 15.6. The molecule has 1 aliphatic heterocycles. The second-order valence-electron chi connectivity index (χ2n) is 6.56. The van der Waals surface area contributed by atoms with Crippen molar-refractivity contribution in [1.29, 1.82) is 0 Å². The van der Waals surface area contributed by atoms with Gasteiger partial charge < -0.3 is 10.1 Å². The van der Waals surface area contributed by atoms with Crippen molar-refractivity contribution in [2.45, 2.75) is 26.8 Å². The largest absolute Gasteiger partial charge is 0.497 e. The molecule has 6 heteroatoms. The molecule has 1 N–H and O–H groups in total. The summed E-state index contributed by atoms with van der Waals surface area (Å²) in [6, 6.07) is 2.23. The average molecular weight is 335 g/mol. The van der Waals surface area contributed by atoms with Crippen molar-refractivity contribution in [1.82, 2.24) is 10.2 Å². The van der Waals surface area contributed by atoms with Crippen molar-refractivity contribution in [3.8, 4) is 5.75 Å². The molecule has 1 aromatic rings. The molecular formula is C16H25ClF2N2O. The van der Waals surface area contributed by atoms with E-state index in [-0.39, 0.29) is 35.2 Å². The van der Waals surface area contributed by atoms with Crippen LogP contribution in [0, 0.1) is 17.0 Å². The fourth-order valence-corrected chi connectivity index (χ4v) is 3.04. The Balaban J connectivity index is 0.00000242. The van der Waals surface area contributed by atoms with E-state index in [0.717, 1.165) is 26.2 Å². The maximum Gasteiger partial charge on any atom is 0.134 e. The molecule has 1 atom stereocenters. The van der Waals surface area contributed by atoms with Crippen molar-refractivity contribution < 1.29 is 13.5 Å². The van der Waals surface area contributed by atoms with Gasteiger partial charge in [0.2, 0.25) is 0 Å². The number of ether oxygens (including phenoxy) is 1. The molecule has 2 rings (SSSR count). The minimum absolute atomic E-state index is 0. The molecule has 0 radical (unpaired) electrons. The summed E-state index contributed by atoms with van der Waals surface area (Å²) in [4.78, 5) is 2.16. The zero-order valence-electron chi connectivity index (χ0n) is 13.6. The molecule has 22 heavy (non-hydrogen) atoms. The van der Waals surface area contributed by atoms with Crippen LogP contribution in [0.3, 0.4) is 0 Å². The van der Waals surface area contributed by atoms with E-state index in [2.05, 4.69) is 10.2 Å². The number of hydrogen-bond acceptors (Lipinski definition) is 3. The predicted octanol–water partition coefficient (Wildman–Crippen LogP) is 3.39. The molecule has 1 aromatic carbocycles. The Morgan fingerprint density at radius 1 is 1.14 bits per heavy atom. The van der Waals surface area contributed by atoms with Crippen LogP contribution >= 0.6 is 12.4 Å². The highest BCUT2D eigenvalue weighted by Crippen LogP contribution is 2.41. The summed E-state index contributed by atoms with van der Waals surface area (Å²) in [6.45, 7) is 9.30. The minimum Gasteiger partial charge on any atom is -0.497 e. The quantitative estimate of drug-likeness (QED) is 0.917. The Hall–Kier alpha value is -0.910. The van der Waals surface area contributed by atoms with Crippen LogP contribution in [0.15, 0.2) is 12.1 Å². The van der Waals surface area contributed by atoms with Gasteiger partial charge >= 0.3 is 0 Å². The summed E-state index contributed by atoms with van der Waals surface area (Å²) in [5.41, 5.74) is -0.127. The maximum atomic E-state index is 14.5. The number of methoxy groups -OCH3 is 1. The summed E-state index contributed by atoms with van der Waals surface area (Å²) in [5, 5.41) is 3.27. The van der Waals surface area contributed by atoms with Gasteiger partial charge in [0.15, 0.2) is 0 Å². The number of rotatable bonds is 3. The monoisotopic (exact) mass is 334 g/mol. The topological polar surface area (TPSA) is 24.5 Å².